The molecule has 0 amide bonds. The summed E-state index contributed by atoms with van der Waals surface area (Å²) in [4.78, 5) is 32.6. The molecule has 3 aliphatic heterocycles. The molecule has 1 atom stereocenters. The van der Waals surface area contributed by atoms with Gasteiger partial charge in [-0.05, 0) is 68.3 Å². The van der Waals surface area contributed by atoms with Gasteiger partial charge in [-0.2, -0.15) is 0 Å². The number of cyclic esters (lactones) is 1. The van der Waals surface area contributed by atoms with Gasteiger partial charge in [-0.3, -0.25) is 0 Å². The van der Waals surface area contributed by atoms with E-state index >= 15 is 0 Å². The average Bonchev–Trinajstić information content (AvgIpc) is 3.49. The zero-order valence-electron chi connectivity index (χ0n) is 19.7. The number of benzene rings is 1. The molecule has 0 bridgehead atoms. The Morgan fingerprint density at radius 1 is 1.24 bits per heavy atom. The van der Waals surface area contributed by atoms with E-state index in [0.717, 1.165) is 73.7 Å². The van der Waals surface area contributed by atoms with Crippen molar-refractivity contribution in [3.63, 3.8) is 0 Å². The fourth-order valence-corrected chi connectivity index (χ4v) is 6.41. The molecular weight excluding hydrogens is 454 g/mol. The molecule has 9 heteroatoms. The van der Waals surface area contributed by atoms with Gasteiger partial charge in [0.2, 0.25) is 0 Å². The molecule has 0 saturated carbocycles. The number of hydrogen-bond acceptors (Lipinski definition) is 9. The van der Waals surface area contributed by atoms with E-state index in [1.165, 1.54) is 18.4 Å². The normalized spacial score (nSPS) is 20.8. The molecule has 3 aliphatic rings. The third-order valence-corrected chi connectivity index (χ3v) is 8.80. The number of carbonyl (C=O) groups is 2. The van der Waals surface area contributed by atoms with Crippen LogP contribution in [0.4, 0.5) is 5.13 Å². The molecule has 1 aromatic heterocycles. The zero-order valence-corrected chi connectivity index (χ0v) is 20.5. The highest BCUT2D eigenvalue weighted by atomic mass is 32.1. The predicted octanol–water partition coefficient (Wildman–Crippen LogP) is 3.32. The second kappa shape index (κ2) is 9.28. The molecule has 0 unspecified atom stereocenters. The van der Waals surface area contributed by atoms with Crippen LogP contribution in [0.25, 0.3) is 0 Å². The first-order chi connectivity index (χ1) is 16.4. The lowest BCUT2D eigenvalue weighted by Gasteiger charge is -2.47. The van der Waals surface area contributed by atoms with Crippen molar-refractivity contribution in [2.75, 3.05) is 44.7 Å². The number of aliphatic hydroxyl groups is 1. The van der Waals surface area contributed by atoms with E-state index in [9.17, 15) is 14.7 Å². The quantitative estimate of drug-likeness (QED) is 0.645. The van der Waals surface area contributed by atoms with E-state index in [1.54, 1.807) is 11.4 Å². The summed E-state index contributed by atoms with van der Waals surface area (Å²) in [7, 11) is 1.38. The van der Waals surface area contributed by atoms with E-state index in [2.05, 4.69) is 14.8 Å². The smallest absolute Gasteiger partial charge is 0.357 e. The van der Waals surface area contributed by atoms with Crippen LogP contribution in [0.2, 0.25) is 0 Å². The SMILES string of the molecule is COC(=O)c1csc(N2CCC3(CCN(C[C@H](O)c4ccc5c(c4C)COC5=O)CC3)CC2)n1. The number of nitrogens with zero attached hydrogens (tertiary/aromatic N) is 3. The predicted molar refractivity (Wildman–Crippen MR) is 128 cm³/mol. The molecule has 4 heterocycles. The first kappa shape index (κ1) is 23.3. The Hall–Kier alpha value is -2.49. The Balaban J connectivity index is 1.14. The monoisotopic (exact) mass is 485 g/mol. The number of aromatic nitrogens is 1. The molecule has 8 nitrogen and oxygen atoms in total. The van der Waals surface area contributed by atoms with Crippen molar-refractivity contribution in [2.45, 2.75) is 45.3 Å². The first-order valence-corrected chi connectivity index (χ1v) is 12.8. The third kappa shape index (κ3) is 4.32. The van der Waals surface area contributed by atoms with Gasteiger partial charge < -0.3 is 24.4 Å². The van der Waals surface area contributed by atoms with Crippen LogP contribution in [-0.4, -0.2) is 66.8 Å². The van der Waals surface area contributed by atoms with Crippen molar-refractivity contribution in [3.05, 3.63) is 45.5 Å². The summed E-state index contributed by atoms with van der Waals surface area (Å²) in [5, 5.41) is 13.6. The maximum Gasteiger partial charge on any atom is 0.357 e. The van der Waals surface area contributed by atoms with Crippen LogP contribution >= 0.6 is 11.3 Å². The molecule has 2 aromatic rings. The Morgan fingerprint density at radius 3 is 2.65 bits per heavy atom. The number of thiazole rings is 1. The summed E-state index contributed by atoms with van der Waals surface area (Å²) in [6, 6.07) is 3.66. The van der Waals surface area contributed by atoms with Gasteiger partial charge in [0.1, 0.15) is 6.61 Å². The molecule has 182 valence electrons. The number of methoxy groups -OCH3 is 1. The number of anilines is 1. The summed E-state index contributed by atoms with van der Waals surface area (Å²) in [6.45, 7) is 6.73. The van der Waals surface area contributed by atoms with Gasteiger partial charge in [0.25, 0.3) is 0 Å². The lowest BCUT2D eigenvalue weighted by molar-refractivity contribution is 0.0448. The van der Waals surface area contributed by atoms with Crippen LogP contribution in [0.1, 0.15) is 69.3 Å². The highest BCUT2D eigenvalue weighted by Gasteiger charge is 2.38. The van der Waals surface area contributed by atoms with Gasteiger partial charge in [-0.25, -0.2) is 14.6 Å². The number of rotatable bonds is 5. The molecule has 0 radical (unpaired) electrons. The number of piperidine rings is 2. The first-order valence-electron chi connectivity index (χ1n) is 11.9. The fraction of sp³-hybridized carbons (Fsp3) is 0.560. The van der Waals surface area contributed by atoms with Crippen LogP contribution < -0.4 is 4.90 Å². The molecule has 34 heavy (non-hydrogen) atoms. The molecule has 1 aromatic carbocycles. The van der Waals surface area contributed by atoms with E-state index < -0.39 is 6.10 Å². The van der Waals surface area contributed by atoms with Crippen molar-refractivity contribution in [1.29, 1.82) is 0 Å². The maximum atomic E-state index is 11.8. The van der Waals surface area contributed by atoms with Crippen LogP contribution in [0, 0.1) is 12.3 Å². The standard InChI is InChI=1S/C25H31N3O5S/c1-16-17(3-4-18-19(16)14-33-22(18)30)21(29)13-27-9-5-25(6-10-27)7-11-28(12-8-25)24-26-20(15-34-24)23(31)32-2/h3-4,15,21,29H,5-14H2,1-2H3/t21-/m0/s1. The number of ether oxygens (including phenoxy) is 2. The average molecular weight is 486 g/mol. The molecule has 5 rings (SSSR count). The minimum absolute atomic E-state index is 0.273. The van der Waals surface area contributed by atoms with Gasteiger partial charge in [0, 0.05) is 30.6 Å². The summed E-state index contributed by atoms with van der Waals surface area (Å²) < 4.78 is 9.91. The fourth-order valence-electron chi connectivity index (χ4n) is 5.56. The molecule has 2 saturated heterocycles. The van der Waals surface area contributed by atoms with Gasteiger partial charge in [0.15, 0.2) is 10.8 Å². The number of carbonyl (C=O) groups excluding carboxylic acids is 2. The number of esters is 2. The number of β-amino-alcohol motifs (C(OH)–C–C–N with tert-alkyl or cyclic N) is 1. The van der Waals surface area contributed by atoms with Crippen LogP contribution in [0.5, 0.6) is 0 Å². The molecule has 1 spiro atoms. The van der Waals surface area contributed by atoms with Crippen LogP contribution in [-0.2, 0) is 16.1 Å². The third-order valence-electron chi connectivity index (χ3n) is 7.90. The summed E-state index contributed by atoms with van der Waals surface area (Å²) in [5.74, 6) is -0.660. The van der Waals surface area contributed by atoms with Crippen LogP contribution in [0.15, 0.2) is 17.5 Å². The van der Waals surface area contributed by atoms with Crippen molar-refractivity contribution < 1.29 is 24.2 Å². The summed E-state index contributed by atoms with van der Waals surface area (Å²) >= 11 is 1.50. The summed E-state index contributed by atoms with van der Waals surface area (Å²) in [5.41, 5.74) is 4.12. The minimum Gasteiger partial charge on any atom is -0.464 e. The Labute approximate surface area is 203 Å². The second-order valence-corrected chi connectivity index (χ2v) is 10.5. The van der Waals surface area contributed by atoms with Crippen molar-refractivity contribution in [1.82, 2.24) is 9.88 Å². The molecular formula is C25H31N3O5S. The number of hydrogen-bond donors (Lipinski definition) is 1. The molecule has 2 fully saturated rings. The summed E-state index contributed by atoms with van der Waals surface area (Å²) in [6.07, 6.45) is 3.92. The van der Waals surface area contributed by atoms with Gasteiger partial charge in [-0.1, -0.05) is 6.07 Å². The maximum absolute atomic E-state index is 11.8. The highest BCUT2D eigenvalue weighted by Crippen LogP contribution is 2.43. The number of aliphatic hydroxyl groups excluding tert-OH is 1. The second-order valence-electron chi connectivity index (χ2n) is 9.69. The van der Waals surface area contributed by atoms with E-state index in [1.807, 2.05) is 13.0 Å². The zero-order chi connectivity index (χ0) is 23.9. The van der Waals surface area contributed by atoms with Gasteiger partial charge in [-0.15, -0.1) is 11.3 Å². The van der Waals surface area contributed by atoms with Gasteiger partial charge >= 0.3 is 11.9 Å². The highest BCUT2D eigenvalue weighted by molar-refractivity contribution is 7.13. The number of likely N-dealkylation sites (tertiary alicyclic amines) is 1. The van der Waals surface area contributed by atoms with Crippen molar-refractivity contribution in [3.8, 4) is 0 Å². The lowest BCUT2D eigenvalue weighted by atomic mass is 9.71. The van der Waals surface area contributed by atoms with E-state index in [0.29, 0.717) is 29.8 Å². The Bertz CT molecular complexity index is 1080. The van der Waals surface area contributed by atoms with Crippen LogP contribution in [0.3, 0.4) is 0 Å². The molecule has 1 N–H and O–H groups in total. The van der Waals surface area contributed by atoms with E-state index in [4.69, 9.17) is 9.47 Å². The van der Waals surface area contributed by atoms with Gasteiger partial charge in [0.05, 0.1) is 18.8 Å². The van der Waals surface area contributed by atoms with E-state index in [-0.39, 0.29) is 11.9 Å². The largest absolute Gasteiger partial charge is 0.464 e. The van der Waals surface area contributed by atoms with Crippen molar-refractivity contribution >= 4 is 28.4 Å². The minimum atomic E-state index is -0.578. The molecule has 0 aliphatic carbocycles. The van der Waals surface area contributed by atoms with Crippen molar-refractivity contribution in [2.24, 2.45) is 5.41 Å². The lowest BCUT2D eigenvalue weighted by Crippen LogP contribution is -2.47. The Kier molecular flexibility index (Phi) is 6.35. The number of fused-ring (bicyclic) bond motifs is 1. The Morgan fingerprint density at radius 2 is 1.94 bits per heavy atom. The topological polar surface area (TPSA) is 92.2 Å².